The average molecular weight is 653 g/mol. The number of hydrogen-bond acceptors (Lipinski definition) is 7. The highest BCUT2D eigenvalue weighted by Gasteiger charge is 2.28. The van der Waals surface area contributed by atoms with Crippen molar-refractivity contribution in [1.82, 2.24) is 28.9 Å². The van der Waals surface area contributed by atoms with E-state index in [1.165, 1.54) is 40.2 Å². The van der Waals surface area contributed by atoms with Crippen molar-refractivity contribution in [3.63, 3.8) is 0 Å². The van der Waals surface area contributed by atoms with Crippen LogP contribution in [-0.2, 0) is 29.7 Å². The van der Waals surface area contributed by atoms with Gasteiger partial charge in [0.15, 0.2) is 0 Å². The number of carbonyl (C=O) groups is 2. The van der Waals surface area contributed by atoms with Crippen molar-refractivity contribution in [2.45, 2.75) is 25.9 Å². The predicted octanol–water partition coefficient (Wildman–Crippen LogP) is 5.11. The summed E-state index contributed by atoms with van der Waals surface area (Å²) in [5.41, 5.74) is 3.87. The molecule has 2 aliphatic rings. The lowest BCUT2D eigenvalue weighted by atomic mass is 9.96. The fourth-order valence-electron chi connectivity index (χ4n) is 6.28. The van der Waals surface area contributed by atoms with E-state index in [0.29, 0.717) is 66.8 Å². The molecule has 1 saturated heterocycles. The lowest BCUT2D eigenvalue weighted by Gasteiger charge is -2.28. The van der Waals surface area contributed by atoms with Crippen LogP contribution < -0.4 is 10.3 Å². The molecule has 1 fully saturated rings. The van der Waals surface area contributed by atoms with E-state index in [0.717, 1.165) is 27.6 Å². The molecule has 1 atom stereocenters. The van der Waals surface area contributed by atoms with Crippen molar-refractivity contribution in [1.29, 1.82) is 0 Å². The smallest absolute Gasteiger partial charge is 0.250 e. The van der Waals surface area contributed by atoms with Gasteiger partial charge in [0, 0.05) is 97.4 Å². The van der Waals surface area contributed by atoms with Crippen LogP contribution in [0.5, 0.6) is 5.75 Å². The van der Waals surface area contributed by atoms with E-state index in [9.17, 15) is 18.8 Å². The minimum atomic E-state index is -0.439. The maximum atomic E-state index is 14.8. The molecule has 7 rings (SSSR count). The fourth-order valence-corrected chi connectivity index (χ4v) is 7.23. The highest BCUT2D eigenvalue weighted by atomic mass is 32.1. The number of aromatic nitrogens is 4. The molecular weight excluding hydrogens is 619 g/mol. The molecule has 240 valence electrons. The number of carbonyl (C=O) groups excluding carboxylic acids is 2. The van der Waals surface area contributed by atoms with E-state index in [4.69, 9.17) is 14.7 Å². The molecule has 5 aromatic rings. The Hall–Kier alpha value is -5.10. The summed E-state index contributed by atoms with van der Waals surface area (Å²) in [6, 6.07) is 9.76. The number of pyridine rings is 2. The minimum absolute atomic E-state index is 0.0161. The van der Waals surface area contributed by atoms with Crippen LogP contribution in [-0.4, -0.2) is 67.5 Å². The lowest BCUT2D eigenvalue weighted by Crippen LogP contribution is -2.37. The van der Waals surface area contributed by atoms with Crippen molar-refractivity contribution in [3.05, 3.63) is 88.8 Å². The minimum Gasteiger partial charge on any atom is -0.493 e. The molecule has 0 radical (unpaired) electrons. The standard InChI is InChI=1S/C35H33FN6O4S/c1-4-29(43)42-13-12-41-18-26(37-28(41)19-42)34-32(35-25(10-14-47-35)33(38-34)22-5-8-30(44)40(3)17-22)24-7-6-23(36)16-27(24)46-20-21-9-11-39(2)31(45)15-21/h4-8,10,14,16-18,21H,1,9,11-13,15,19-20H2,2-3H3. The summed E-state index contributed by atoms with van der Waals surface area (Å²) in [7, 11) is 3.50. The number of aryl methyl sites for hydroxylation is 1. The number of ether oxygens (including phenoxy) is 1. The van der Waals surface area contributed by atoms with Gasteiger partial charge in [-0.05, 0) is 42.1 Å². The van der Waals surface area contributed by atoms with Gasteiger partial charge in [-0.1, -0.05) is 6.58 Å². The monoisotopic (exact) mass is 652 g/mol. The molecule has 0 saturated carbocycles. The molecule has 2 amide bonds. The molecule has 10 nitrogen and oxygen atoms in total. The molecule has 1 aromatic carbocycles. The Labute approximate surface area is 274 Å². The van der Waals surface area contributed by atoms with Gasteiger partial charge in [-0.3, -0.25) is 14.4 Å². The molecule has 47 heavy (non-hydrogen) atoms. The molecule has 0 bridgehead atoms. The molecular formula is C35H33FN6O4S. The SMILES string of the molecule is C=CC(=O)N1CCn2cc(-c3nc(-c4ccc(=O)n(C)c4)c4ccsc4c3-c3ccc(F)cc3OCC3CCN(C)C(=O)C3)nc2C1. The van der Waals surface area contributed by atoms with E-state index in [2.05, 4.69) is 6.58 Å². The van der Waals surface area contributed by atoms with Crippen molar-refractivity contribution in [2.24, 2.45) is 13.0 Å². The first kappa shape index (κ1) is 30.5. The Balaban J connectivity index is 1.39. The van der Waals surface area contributed by atoms with Crippen LogP contribution in [0.3, 0.4) is 0 Å². The van der Waals surface area contributed by atoms with Gasteiger partial charge in [0.25, 0.3) is 0 Å². The Morgan fingerprint density at radius 1 is 1.09 bits per heavy atom. The molecule has 6 heterocycles. The predicted molar refractivity (Wildman–Crippen MR) is 178 cm³/mol. The lowest BCUT2D eigenvalue weighted by molar-refractivity contribution is -0.134. The third kappa shape index (κ3) is 5.73. The number of benzene rings is 1. The zero-order valence-corrected chi connectivity index (χ0v) is 26.9. The number of rotatable bonds is 7. The fraction of sp³-hybridized carbons (Fsp3) is 0.286. The number of halogens is 1. The molecule has 4 aromatic heterocycles. The van der Waals surface area contributed by atoms with Crippen LogP contribution in [0, 0.1) is 11.7 Å². The first-order chi connectivity index (χ1) is 22.7. The van der Waals surface area contributed by atoms with Gasteiger partial charge in [0.2, 0.25) is 17.4 Å². The van der Waals surface area contributed by atoms with Gasteiger partial charge in [-0.25, -0.2) is 14.4 Å². The summed E-state index contributed by atoms with van der Waals surface area (Å²) < 4.78 is 25.6. The Bertz CT molecular complexity index is 2120. The average Bonchev–Trinajstić information content (AvgIpc) is 3.73. The van der Waals surface area contributed by atoms with Crippen LogP contribution in [0.15, 0.2) is 71.6 Å². The molecule has 1 unspecified atom stereocenters. The normalized spacial score (nSPS) is 16.4. The first-order valence-electron chi connectivity index (χ1n) is 15.4. The number of hydrogen-bond donors (Lipinski definition) is 0. The Morgan fingerprint density at radius 2 is 1.94 bits per heavy atom. The zero-order valence-electron chi connectivity index (χ0n) is 26.1. The molecule has 12 heteroatoms. The number of imidazole rings is 1. The maximum absolute atomic E-state index is 14.8. The number of nitrogens with zero attached hydrogens (tertiary/aromatic N) is 6. The van der Waals surface area contributed by atoms with E-state index in [1.54, 1.807) is 42.2 Å². The Kier molecular flexibility index (Phi) is 7.96. The number of piperidine rings is 1. The largest absolute Gasteiger partial charge is 0.493 e. The van der Waals surface area contributed by atoms with Crippen molar-refractivity contribution in [3.8, 4) is 39.5 Å². The summed E-state index contributed by atoms with van der Waals surface area (Å²) in [6.45, 7) is 5.96. The van der Waals surface area contributed by atoms with Crippen LogP contribution in [0.1, 0.15) is 18.7 Å². The number of amides is 2. The van der Waals surface area contributed by atoms with Crippen LogP contribution in [0.2, 0.25) is 0 Å². The van der Waals surface area contributed by atoms with Gasteiger partial charge in [-0.2, -0.15) is 0 Å². The third-order valence-electron chi connectivity index (χ3n) is 8.95. The highest BCUT2D eigenvalue weighted by Crippen LogP contribution is 2.46. The van der Waals surface area contributed by atoms with Crippen molar-refractivity contribution >= 4 is 33.2 Å². The van der Waals surface area contributed by atoms with Crippen LogP contribution in [0.25, 0.3) is 43.9 Å². The quantitative estimate of drug-likeness (QED) is 0.227. The van der Waals surface area contributed by atoms with Gasteiger partial charge >= 0.3 is 0 Å². The van der Waals surface area contributed by atoms with E-state index in [-0.39, 0.29) is 29.9 Å². The van der Waals surface area contributed by atoms with E-state index >= 15 is 0 Å². The maximum Gasteiger partial charge on any atom is 0.250 e. The number of thiophene rings is 1. The summed E-state index contributed by atoms with van der Waals surface area (Å²) in [6.07, 6.45) is 6.19. The van der Waals surface area contributed by atoms with Gasteiger partial charge < -0.3 is 23.7 Å². The molecule has 2 aliphatic heterocycles. The summed E-state index contributed by atoms with van der Waals surface area (Å²) >= 11 is 1.53. The van der Waals surface area contributed by atoms with Gasteiger partial charge in [0.05, 0.1) is 18.8 Å². The summed E-state index contributed by atoms with van der Waals surface area (Å²) in [4.78, 5) is 50.7. The highest BCUT2D eigenvalue weighted by molar-refractivity contribution is 7.18. The first-order valence-corrected chi connectivity index (χ1v) is 16.3. The van der Waals surface area contributed by atoms with Gasteiger partial charge in [-0.15, -0.1) is 11.3 Å². The third-order valence-corrected chi connectivity index (χ3v) is 9.88. The van der Waals surface area contributed by atoms with Crippen LogP contribution in [0.4, 0.5) is 4.39 Å². The van der Waals surface area contributed by atoms with E-state index in [1.807, 2.05) is 22.2 Å². The van der Waals surface area contributed by atoms with Crippen molar-refractivity contribution < 1.29 is 18.7 Å². The topological polar surface area (TPSA) is 103 Å². The second-order valence-corrected chi connectivity index (χ2v) is 13.0. The van der Waals surface area contributed by atoms with Crippen molar-refractivity contribution in [2.75, 3.05) is 26.7 Å². The number of likely N-dealkylation sites (tertiary alicyclic amines) is 1. The van der Waals surface area contributed by atoms with E-state index < -0.39 is 5.82 Å². The molecule has 0 spiro atoms. The molecule has 0 aliphatic carbocycles. The van der Waals surface area contributed by atoms with Gasteiger partial charge in [0.1, 0.15) is 28.8 Å². The number of fused-ring (bicyclic) bond motifs is 2. The van der Waals surface area contributed by atoms with Crippen LogP contribution >= 0.6 is 11.3 Å². The summed E-state index contributed by atoms with van der Waals surface area (Å²) in [5, 5.41) is 2.85. The Morgan fingerprint density at radius 3 is 2.72 bits per heavy atom. The summed E-state index contributed by atoms with van der Waals surface area (Å²) in [5.74, 6) is 0.564. The second kappa shape index (κ2) is 12.3. The molecule has 0 N–H and O–H groups in total. The zero-order chi connectivity index (χ0) is 32.8. The second-order valence-electron chi connectivity index (χ2n) is 12.0.